The molecule has 16 heteroatoms. The number of carbonyl (C=O) groups is 2. The predicted octanol–water partition coefficient (Wildman–Crippen LogP) is 7.55. The first-order chi connectivity index (χ1) is 28.6. The van der Waals surface area contributed by atoms with E-state index >= 15 is 0 Å². The van der Waals surface area contributed by atoms with Crippen LogP contribution in [0.1, 0.15) is 64.8 Å². The highest BCUT2D eigenvalue weighted by molar-refractivity contribution is 6.39. The molecule has 6 heterocycles. The number of hydrogen-bond acceptors (Lipinski definition) is 11. The summed E-state index contributed by atoms with van der Waals surface area (Å²) in [6.45, 7) is 10.9. The van der Waals surface area contributed by atoms with Gasteiger partial charge in [0.2, 0.25) is 11.8 Å². The monoisotopic (exact) mass is 856 g/mol. The number of aromatic nitrogens is 5. The largest absolute Gasteiger partial charge is 0.493 e. The van der Waals surface area contributed by atoms with Crippen molar-refractivity contribution in [1.29, 1.82) is 0 Å². The van der Waals surface area contributed by atoms with E-state index in [1.165, 1.54) is 0 Å². The van der Waals surface area contributed by atoms with Gasteiger partial charge in [-0.25, -0.2) is 19.3 Å². The van der Waals surface area contributed by atoms with Crippen LogP contribution in [-0.2, 0) is 22.6 Å². The van der Waals surface area contributed by atoms with E-state index in [4.69, 9.17) is 52.5 Å². The van der Waals surface area contributed by atoms with Gasteiger partial charge in [0, 0.05) is 84.8 Å². The number of rotatable bonds is 10. The molecule has 14 nitrogen and oxygen atoms in total. The van der Waals surface area contributed by atoms with Crippen LogP contribution in [0.15, 0.2) is 54.9 Å². The number of ether oxygens (including phenoxy) is 3. The number of aliphatic hydroxyl groups excluding tert-OH is 1. The smallest absolute Gasteiger partial charge is 0.410 e. The number of fused-ring (bicyclic) bond motifs is 1. The molecule has 0 unspecified atom stereocenters. The van der Waals surface area contributed by atoms with Gasteiger partial charge in [-0.1, -0.05) is 41.4 Å². The summed E-state index contributed by atoms with van der Waals surface area (Å²) >= 11 is 14.4. The Morgan fingerprint density at radius 1 is 0.967 bits per heavy atom. The van der Waals surface area contributed by atoms with E-state index in [0.717, 1.165) is 25.9 Å². The van der Waals surface area contributed by atoms with Gasteiger partial charge in [-0.3, -0.25) is 14.7 Å². The van der Waals surface area contributed by atoms with Crippen LogP contribution in [0.2, 0.25) is 10.0 Å². The first-order valence-corrected chi connectivity index (χ1v) is 21.0. The lowest BCUT2D eigenvalue weighted by atomic mass is 9.62. The zero-order chi connectivity index (χ0) is 42.5. The number of methoxy groups -OCH3 is 2. The van der Waals surface area contributed by atoms with Crippen molar-refractivity contribution < 1.29 is 28.9 Å². The molecule has 60 heavy (non-hydrogen) atoms. The molecule has 1 N–H and O–H groups in total. The number of amides is 2. The Morgan fingerprint density at radius 2 is 1.68 bits per heavy atom. The van der Waals surface area contributed by atoms with Crippen LogP contribution in [0.25, 0.3) is 39.3 Å². The topological polar surface area (TPSA) is 148 Å². The quantitative estimate of drug-likeness (QED) is 0.149. The summed E-state index contributed by atoms with van der Waals surface area (Å²) < 4.78 is 19.1. The van der Waals surface area contributed by atoms with Gasteiger partial charge in [0.15, 0.2) is 17.2 Å². The summed E-state index contributed by atoms with van der Waals surface area (Å²) in [5, 5.41) is 15.4. The summed E-state index contributed by atoms with van der Waals surface area (Å²) in [6.07, 6.45) is 5.92. The molecule has 0 radical (unpaired) electrons. The number of hydrogen-bond donors (Lipinski definition) is 1. The minimum Gasteiger partial charge on any atom is -0.493 e. The van der Waals surface area contributed by atoms with Gasteiger partial charge >= 0.3 is 6.09 Å². The Balaban J connectivity index is 1.05. The second kappa shape index (κ2) is 16.4. The van der Waals surface area contributed by atoms with Gasteiger partial charge in [0.25, 0.3) is 0 Å². The highest BCUT2D eigenvalue weighted by atomic mass is 35.5. The van der Waals surface area contributed by atoms with Crippen LogP contribution in [0.5, 0.6) is 11.6 Å². The van der Waals surface area contributed by atoms with Gasteiger partial charge in [0.05, 0.1) is 54.8 Å². The standard InChI is InChI=1S/C44H50Cl2N8O6/c1-26(55)52-16-13-29(14-17-52)53(42(57)60-43(2,3)4)21-27-10-11-34(48-41(27)59-6)33-9-7-8-31(37(33)45)32-12-15-47-39(38(32)46)28-18-35(58-5)40-49-36(50-54(40)22-28)23-51-24-44(25-51)19-30(56)20-44/h7-12,15,18,22,29-30,56H,13-14,16-17,19-21,23-25H2,1-6H3. The number of nitrogens with zero attached hydrogens (tertiary/aromatic N) is 8. The second-order valence-electron chi connectivity index (χ2n) is 17.2. The van der Waals surface area contributed by atoms with Gasteiger partial charge in [-0.05, 0) is 70.7 Å². The third-order valence-corrected chi connectivity index (χ3v) is 12.5. The molecule has 1 saturated carbocycles. The third kappa shape index (κ3) is 8.34. The minimum absolute atomic E-state index is 0.0240. The van der Waals surface area contributed by atoms with Gasteiger partial charge in [-0.2, -0.15) is 0 Å². The molecule has 2 saturated heterocycles. The molecule has 0 bridgehead atoms. The van der Waals surface area contributed by atoms with Crippen LogP contribution in [0, 0.1) is 5.41 Å². The third-order valence-electron chi connectivity index (χ3n) is 11.7. The van der Waals surface area contributed by atoms with Gasteiger partial charge < -0.3 is 29.1 Å². The van der Waals surface area contributed by atoms with Crippen molar-refractivity contribution in [3.8, 4) is 45.3 Å². The summed E-state index contributed by atoms with van der Waals surface area (Å²) in [5.74, 6) is 1.59. The highest BCUT2D eigenvalue weighted by Gasteiger charge is 2.51. The number of carbonyl (C=O) groups excluding carboxylic acids is 2. The van der Waals surface area contributed by atoms with Crippen LogP contribution >= 0.6 is 23.2 Å². The van der Waals surface area contributed by atoms with Crippen molar-refractivity contribution in [2.24, 2.45) is 5.41 Å². The normalized spacial score (nSPS) is 17.1. The molecule has 8 rings (SSSR count). The summed E-state index contributed by atoms with van der Waals surface area (Å²) in [7, 11) is 3.14. The summed E-state index contributed by atoms with van der Waals surface area (Å²) in [4.78, 5) is 45.8. The number of halogens is 2. The molecule has 1 spiro atoms. The Labute approximate surface area is 359 Å². The van der Waals surface area contributed by atoms with E-state index in [9.17, 15) is 14.7 Å². The van der Waals surface area contributed by atoms with E-state index in [1.54, 1.807) is 41.7 Å². The first kappa shape index (κ1) is 41.7. The fourth-order valence-corrected chi connectivity index (χ4v) is 9.45. The zero-order valence-corrected chi connectivity index (χ0v) is 36.3. The minimum atomic E-state index is -0.691. The molecular formula is C44H50Cl2N8O6. The predicted molar refractivity (Wildman–Crippen MR) is 228 cm³/mol. The Kier molecular flexibility index (Phi) is 11.4. The molecule has 3 fully saturated rings. The number of piperidine rings is 1. The lowest BCUT2D eigenvalue weighted by Gasteiger charge is -2.57. The maximum Gasteiger partial charge on any atom is 0.410 e. The molecule has 2 aliphatic heterocycles. The first-order valence-electron chi connectivity index (χ1n) is 20.2. The molecule has 0 atom stereocenters. The maximum absolute atomic E-state index is 13.6. The lowest BCUT2D eigenvalue weighted by molar-refractivity contribution is -0.131. The molecule has 316 valence electrons. The van der Waals surface area contributed by atoms with Crippen molar-refractivity contribution in [3.63, 3.8) is 0 Å². The van der Waals surface area contributed by atoms with Crippen LogP contribution in [-0.4, -0.2) is 115 Å². The summed E-state index contributed by atoms with van der Waals surface area (Å²) in [6, 6.07) is 13.0. The Hall–Kier alpha value is -5.02. The average Bonchev–Trinajstić information content (AvgIpc) is 3.60. The van der Waals surface area contributed by atoms with Crippen molar-refractivity contribution in [2.75, 3.05) is 40.4 Å². The molecule has 1 aliphatic carbocycles. The number of pyridine rings is 3. The molecule has 5 aromatic rings. The molecule has 1 aromatic carbocycles. The molecule has 2 amide bonds. The van der Waals surface area contributed by atoms with Gasteiger partial charge in [-0.15, -0.1) is 5.10 Å². The SMILES string of the molecule is COc1nc(-c2cccc(-c3ccnc(-c4cc(OC)c5nc(CN6CC7(CC(O)C7)C6)nn5c4)c3Cl)c2Cl)ccc1CN(C(=O)OC(C)(C)C)C1CCN(C(C)=O)CC1. The molecule has 3 aliphatic rings. The number of likely N-dealkylation sites (tertiary alicyclic amines) is 2. The fourth-order valence-electron chi connectivity index (χ4n) is 8.81. The van der Waals surface area contributed by atoms with Crippen LogP contribution in [0.3, 0.4) is 0 Å². The lowest BCUT2D eigenvalue weighted by Crippen LogP contribution is -2.63. The average molecular weight is 858 g/mol. The van der Waals surface area contributed by atoms with Crippen molar-refractivity contribution in [3.05, 3.63) is 76.3 Å². The number of aliphatic hydroxyl groups is 1. The van der Waals surface area contributed by atoms with Crippen molar-refractivity contribution in [2.45, 2.75) is 84.2 Å². The van der Waals surface area contributed by atoms with Crippen molar-refractivity contribution in [1.82, 2.24) is 39.3 Å². The van der Waals surface area contributed by atoms with Crippen molar-refractivity contribution >= 4 is 40.8 Å². The van der Waals surface area contributed by atoms with E-state index in [1.807, 2.05) is 69.4 Å². The Bertz CT molecular complexity index is 2430. The molecular weight excluding hydrogens is 807 g/mol. The van der Waals surface area contributed by atoms with E-state index in [0.29, 0.717) is 105 Å². The Morgan fingerprint density at radius 3 is 2.35 bits per heavy atom. The molecule has 4 aromatic heterocycles. The highest BCUT2D eigenvalue weighted by Crippen LogP contribution is 2.48. The van der Waals surface area contributed by atoms with E-state index in [2.05, 4.69) is 9.88 Å². The van der Waals surface area contributed by atoms with Gasteiger partial charge in [0.1, 0.15) is 5.60 Å². The van der Waals surface area contributed by atoms with Crippen LogP contribution in [0.4, 0.5) is 4.79 Å². The van der Waals surface area contributed by atoms with E-state index in [-0.39, 0.29) is 30.0 Å². The fraction of sp³-hybridized carbons (Fsp3) is 0.455. The zero-order valence-electron chi connectivity index (χ0n) is 34.7. The second-order valence-corrected chi connectivity index (χ2v) is 18.0. The number of benzene rings is 1. The maximum atomic E-state index is 13.6. The summed E-state index contributed by atoms with van der Waals surface area (Å²) in [5.41, 5.74) is 4.65. The van der Waals surface area contributed by atoms with E-state index < -0.39 is 11.7 Å². The van der Waals surface area contributed by atoms with Crippen LogP contribution < -0.4 is 9.47 Å².